The molecule has 18 heavy (non-hydrogen) atoms. The summed E-state index contributed by atoms with van der Waals surface area (Å²) < 4.78 is 4.82. The lowest BCUT2D eigenvalue weighted by Crippen LogP contribution is -2.24. The lowest BCUT2D eigenvalue weighted by atomic mass is 9.93. The maximum absolute atomic E-state index is 11.7. The van der Waals surface area contributed by atoms with Crippen LogP contribution in [0, 0.1) is 5.41 Å². The monoisotopic (exact) mass is 247 g/mol. The fraction of sp³-hybridized carbons (Fsp3) is 0.533. The van der Waals surface area contributed by atoms with Crippen LogP contribution in [0.25, 0.3) is 0 Å². The number of carbonyl (C=O) groups excluding carboxylic acids is 1. The van der Waals surface area contributed by atoms with Crippen molar-refractivity contribution in [1.82, 2.24) is 4.90 Å². The van der Waals surface area contributed by atoms with Crippen molar-refractivity contribution in [3.63, 3.8) is 0 Å². The molecule has 98 valence electrons. The van der Waals surface area contributed by atoms with E-state index in [9.17, 15) is 4.79 Å². The van der Waals surface area contributed by atoms with Gasteiger partial charge >= 0.3 is 5.97 Å². The van der Waals surface area contributed by atoms with Gasteiger partial charge in [0.05, 0.1) is 12.7 Å². The molecule has 0 saturated carbocycles. The third-order valence-electron chi connectivity index (χ3n) is 3.57. The van der Waals surface area contributed by atoms with Crippen molar-refractivity contribution in [2.45, 2.75) is 26.8 Å². The van der Waals surface area contributed by atoms with Crippen molar-refractivity contribution in [3.8, 4) is 0 Å². The molecule has 2 rings (SSSR count). The molecule has 1 fully saturated rings. The second kappa shape index (κ2) is 5.11. The predicted molar refractivity (Wildman–Crippen MR) is 71.5 cm³/mol. The van der Waals surface area contributed by atoms with Crippen molar-refractivity contribution in [2.75, 3.05) is 20.2 Å². The Morgan fingerprint density at radius 3 is 2.72 bits per heavy atom. The number of methoxy groups -OCH3 is 1. The summed E-state index contributed by atoms with van der Waals surface area (Å²) in [4.78, 5) is 14.1. The Labute approximate surface area is 109 Å². The molecule has 0 unspecified atom stereocenters. The summed E-state index contributed by atoms with van der Waals surface area (Å²) in [5.74, 6) is -0.246. The van der Waals surface area contributed by atoms with Gasteiger partial charge in [-0.25, -0.2) is 4.79 Å². The van der Waals surface area contributed by atoms with Crippen LogP contribution in [0.15, 0.2) is 24.3 Å². The molecular weight excluding hydrogens is 226 g/mol. The number of likely N-dealkylation sites (tertiary alicyclic amines) is 1. The van der Waals surface area contributed by atoms with Gasteiger partial charge in [0.1, 0.15) is 0 Å². The molecule has 1 saturated heterocycles. The van der Waals surface area contributed by atoms with Crippen LogP contribution < -0.4 is 0 Å². The zero-order chi connectivity index (χ0) is 13.2. The average Bonchev–Trinajstić information content (AvgIpc) is 2.68. The van der Waals surface area contributed by atoms with Crippen molar-refractivity contribution in [1.29, 1.82) is 0 Å². The quantitative estimate of drug-likeness (QED) is 0.769. The lowest BCUT2D eigenvalue weighted by Gasteiger charge is -2.20. The van der Waals surface area contributed by atoms with E-state index in [0.717, 1.165) is 25.2 Å². The highest BCUT2D eigenvalue weighted by atomic mass is 16.5. The van der Waals surface area contributed by atoms with Gasteiger partial charge in [0.15, 0.2) is 0 Å². The number of esters is 1. The molecule has 1 aliphatic heterocycles. The topological polar surface area (TPSA) is 29.5 Å². The van der Waals surface area contributed by atoms with Crippen molar-refractivity contribution >= 4 is 5.97 Å². The molecule has 0 atom stereocenters. The van der Waals surface area contributed by atoms with Crippen LogP contribution in [0.5, 0.6) is 0 Å². The molecular formula is C15H21NO2. The molecule has 0 spiro atoms. The van der Waals surface area contributed by atoms with Gasteiger partial charge in [-0.05, 0) is 30.0 Å². The Morgan fingerprint density at radius 1 is 1.39 bits per heavy atom. The van der Waals surface area contributed by atoms with Crippen LogP contribution >= 0.6 is 0 Å². The smallest absolute Gasteiger partial charge is 0.338 e. The number of nitrogens with zero attached hydrogens (tertiary/aromatic N) is 1. The van der Waals surface area contributed by atoms with Crippen LogP contribution in [0.4, 0.5) is 0 Å². The summed E-state index contributed by atoms with van der Waals surface area (Å²) in [6.07, 6.45) is 1.22. The van der Waals surface area contributed by atoms with Gasteiger partial charge in [-0.1, -0.05) is 32.0 Å². The maximum Gasteiger partial charge on any atom is 0.338 e. The molecule has 0 bridgehead atoms. The molecule has 1 aliphatic rings. The second-order valence-corrected chi connectivity index (χ2v) is 5.77. The Kier molecular flexibility index (Phi) is 3.71. The van der Waals surface area contributed by atoms with Crippen molar-refractivity contribution < 1.29 is 9.53 Å². The van der Waals surface area contributed by atoms with Gasteiger partial charge < -0.3 is 4.74 Å². The SMILES string of the molecule is COC(=O)c1ccccc1CN1CCC(C)(C)C1. The summed E-state index contributed by atoms with van der Waals surface area (Å²) in [5.41, 5.74) is 2.13. The summed E-state index contributed by atoms with van der Waals surface area (Å²) in [6.45, 7) is 7.60. The van der Waals surface area contributed by atoms with Gasteiger partial charge in [0.25, 0.3) is 0 Å². The van der Waals surface area contributed by atoms with Gasteiger partial charge in [0, 0.05) is 13.1 Å². The first-order valence-corrected chi connectivity index (χ1v) is 6.40. The summed E-state index contributed by atoms with van der Waals surface area (Å²) in [7, 11) is 1.43. The first-order chi connectivity index (χ1) is 8.52. The highest BCUT2D eigenvalue weighted by molar-refractivity contribution is 5.90. The fourth-order valence-corrected chi connectivity index (χ4v) is 2.57. The molecule has 3 heteroatoms. The van der Waals surface area contributed by atoms with Crippen LogP contribution in [-0.2, 0) is 11.3 Å². The number of carbonyl (C=O) groups is 1. The van der Waals surface area contributed by atoms with Crippen LogP contribution in [0.3, 0.4) is 0 Å². The third kappa shape index (κ3) is 2.91. The largest absolute Gasteiger partial charge is 0.465 e. The fourth-order valence-electron chi connectivity index (χ4n) is 2.57. The van der Waals surface area contributed by atoms with Crippen molar-refractivity contribution in [3.05, 3.63) is 35.4 Å². The van der Waals surface area contributed by atoms with E-state index in [1.165, 1.54) is 13.5 Å². The van der Waals surface area contributed by atoms with E-state index in [1.54, 1.807) is 0 Å². The highest BCUT2D eigenvalue weighted by Gasteiger charge is 2.29. The Balaban J connectivity index is 2.12. The van der Waals surface area contributed by atoms with Crippen LogP contribution in [-0.4, -0.2) is 31.1 Å². The van der Waals surface area contributed by atoms with Crippen LogP contribution in [0.1, 0.15) is 36.2 Å². The normalized spacial score (nSPS) is 18.8. The molecule has 3 nitrogen and oxygen atoms in total. The maximum atomic E-state index is 11.7. The zero-order valence-electron chi connectivity index (χ0n) is 11.4. The van der Waals surface area contributed by atoms with E-state index in [0.29, 0.717) is 11.0 Å². The minimum Gasteiger partial charge on any atom is -0.465 e. The standard InChI is InChI=1S/C15H21NO2/c1-15(2)8-9-16(11-15)10-12-6-4-5-7-13(12)14(17)18-3/h4-7H,8-11H2,1-3H3. The molecule has 1 aromatic rings. The number of rotatable bonds is 3. The van der Waals surface area contributed by atoms with Gasteiger partial charge in [-0.15, -0.1) is 0 Å². The van der Waals surface area contributed by atoms with E-state index >= 15 is 0 Å². The summed E-state index contributed by atoms with van der Waals surface area (Å²) >= 11 is 0. The molecule has 0 amide bonds. The first-order valence-electron chi connectivity index (χ1n) is 6.40. The Morgan fingerprint density at radius 2 is 2.11 bits per heavy atom. The first kappa shape index (κ1) is 13.1. The zero-order valence-corrected chi connectivity index (χ0v) is 11.4. The van der Waals surface area contributed by atoms with Crippen LogP contribution in [0.2, 0.25) is 0 Å². The van der Waals surface area contributed by atoms with Gasteiger partial charge in [0.2, 0.25) is 0 Å². The molecule has 0 aliphatic carbocycles. The van der Waals surface area contributed by atoms with E-state index in [4.69, 9.17) is 4.74 Å². The van der Waals surface area contributed by atoms with E-state index < -0.39 is 0 Å². The molecule has 0 aromatic heterocycles. The molecule has 0 radical (unpaired) electrons. The van der Waals surface area contributed by atoms with Crippen molar-refractivity contribution in [2.24, 2.45) is 5.41 Å². The predicted octanol–water partition coefficient (Wildman–Crippen LogP) is 2.71. The number of hydrogen-bond donors (Lipinski definition) is 0. The third-order valence-corrected chi connectivity index (χ3v) is 3.57. The Hall–Kier alpha value is -1.35. The lowest BCUT2D eigenvalue weighted by molar-refractivity contribution is 0.0598. The van der Waals surface area contributed by atoms with E-state index in [2.05, 4.69) is 18.7 Å². The highest BCUT2D eigenvalue weighted by Crippen LogP contribution is 2.30. The Bertz CT molecular complexity index is 440. The molecule has 0 N–H and O–H groups in total. The number of ether oxygens (including phenoxy) is 1. The summed E-state index contributed by atoms with van der Waals surface area (Å²) in [6, 6.07) is 7.70. The second-order valence-electron chi connectivity index (χ2n) is 5.77. The number of hydrogen-bond acceptors (Lipinski definition) is 3. The van der Waals surface area contributed by atoms with Gasteiger partial charge in [-0.3, -0.25) is 4.90 Å². The molecule has 1 heterocycles. The number of benzene rings is 1. The minimum absolute atomic E-state index is 0.246. The summed E-state index contributed by atoms with van der Waals surface area (Å²) in [5, 5.41) is 0. The van der Waals surface area contributed by atoms with E-state index in [-0.39, 0.29) is 5.97 Å². The van der Waals surface area contributed by atoms with E-state index in [1.807, 2.05) is 24.3 Å². The van der Waals surface area contributed by atoms with Gasteiger partial charge in [-0.2, -0.15) is 0 Å². The minimum atomic E-state index is -0.246. The molecule has 1 aromatic carbocycles. The average molecular weight is 247 g/mol.